The van der Waals surface area contributed by atoms with Crippen LogP contribution in [0.1, 0.15) is 18.2 Å². The molecule has 2 aromatic heterocycles. The Kier molecular flexibility index (Phi) is 3.39. The summed E-state index contributed by atoms with van der Waals surface area (Å²) in [6.45, 7) is 2.00. The van der Waals surface area contributed by atoms with Crippen molar-refractivity contribution in [1.29, 1.82) is 0 Å². The lowest BCUT2D eigenvalue weighted by Gasteiger charge is -2.06. The molecule has 1 N–H and O–H groups in total. The van der Waals surface area contributed by atoms with Crippen molar-refractivity contribution in [2.24, 2.45) is 7.05 Å². The van der Waals surface area contributed by atoms with Crippen LogP contribution < -0.4 is 4.74 Å². The number of aliphatic hydroxyl groups excluding tert-OH is 1. The largest absolute Gasteiger partial charge is 0.436 e. The summed E-state index contributed by atoms with van der Waals surface area (Å²) in [5.74, 6) is 1.12. The highest BCUT2D eigenvalue weighted by molar-refractivity contribution is 5.28. The summed E-state index contributed by atoms with van der Waals surface area (Å²) < 4.78 is 7.24. The van der Waals surface area contributed by atoms with Gasteiger partial charge >= 0.3 is 0 Å². The van der Waals surface area contributed by atoms with Gasteiger partial charge in [-0.1, -0.05) is 6.92 Å². The van der Waals surface area contributed by atoms with Crippen LogP contribution in [-0.4, -0.2) is 19.9 Å². The Hall–Kier alpha value is -1.88. The predicted molar refractivity (Wildman–Crippen MR) is 62.8 cm³/mol. The maximum absolute atomic E-state index is 9.15. The van der Waals surface area contributed by atoms with Gasteiger partial charge in [-0.3, -0.25) is 4.68 Å². The standard InChI is InChI=1S/C12H15N3O2/c1-3-10-4-9(8-16)5-12(14-10)17-11-6-13-15(2)7-11/h4-7,16H,3,8H2,1-2H3. The molecule has 0 aromatic carbocycles. The van der Waals surface area contributed by atoms with Crippen LogP contribution in [-0.2, 0) is 20.1 Å². The fraction of sp³-hybridized carbons (Fsp3) is 0.333. The summed E-state index contributed by atoms with van der Waals surface area (Å²) in [4.78, 5) is 4.33. The Balaban J connectivity index is 2.25. The van der Waals surface area contributed by atoms with Crippen LogP contribution in [0.3, 0.4) is 0 Å². The molecule has 0 spiro atoms. The van der Waals surface area contributed by atoms with Gasteiger partial charge in [0.2, 0.25) is 5.88 Å². The van der Waals surface area contributed by atoms with Crippen molar-refractivity contribution in [1.82, 2.24) is 14.8 Å². The zero-order valence-corrected chi connectivity index (χ0v) is 9.92. The predicted octanol–water partition coefficient (Wildman–Crippen LogP) is 1.66. The Labute approximate surface area is 99.7 Å². The van der Waals surface area contributed by atoms with Crippen molar-refractivity contribution in [2.45, 2.75) is 20.0 Å². The van der Waals surface area contributed by atoms with E-state index in [0.717, 1.165) is 17.7 Å². The van der Waals surface area contributed by atoms with Crippen molar-refractivity contribution in [3.05, 3.63) is 35.8 Å². The molecule has 17 heavy (non-hydrogen) atoms. The minimum atomic E-state index is -0.0150. The topological polar surface area (TPSA) is 60.2 Å². The van der Waals surface area contributed by atoms with Crippen LogP contribution in [0.2, 0.25) is 0 Å². The third-order valence-corrected chi connectivity index (χ3v) is 2.36. The second-order valence-corrected chi connectivity index (χ2v) is 3.77. The van der Waals surface area contributed by atoms with E-state index >= 15 is 0 Å². The fourth-order valence-electron chi connectivity index (χ4n) is 1.52. The number of nitrogens with zero attached hydrogens (tertiary/aromatic N) is 3. The average molecular weight is 233 g/mol. The smallest absolute Gasteiger partial charge is 0.219 e. The van der Waals surface area contributed by atoms with Gasteiger partial charge in [0.05, 0.1) is 19.0 Å². The molecular formula is C12H15N3O2. The maximum atomic E-state index is 9.15. The monoisotopic (exact) mass is 233 g/mol. The number of aliphatic hydroxyl groups is 1. The molecule has 0 fully saturated rings. The molecule has 0 radical (unpaired) electrons. The molecule has 0 saturated carbocycles. The van der Waals surface area contributed by atoms with Crippen molar-refractivity contribution >= 4 is 0 Å². The van der Waals surface area contributed by atoms with E-state index in [9.17, 15) is 0 Å². The first-order valence-corrected chi connectivity index (χ1v) is 5.48. The summed E-state index contributed by atoms with van der Waals surface area (Å²) in [7, 11) is 1.82. The van der Waals surface area contributed by atoms with Gasteiger partial charge in [-0.2, -0.15) is 5.10 Å². The molecule has 0 bridgehead atoms. The fourth-order valence-corrected chi connectivity index (χ4v) is 1.52. The normalized spacial score (nSPS) is 10.5. The molecule has 2 rings (SSSR count). The highest BCUT2D eigenvalue weighted by Gasteiger charge is 2.05. The van der Waals surface area contributed by atoms with Crippen LogP contribution in [0.15, 0.2) is 24.5 Å². The van der Waals surface area contributed by atoms with Gasteiger partial charge in [0.15, 0.2) is 5.75 Å². The van der Waals surface area contributed by atoms with E-state index in [-0.39, 0.29) is 6.61 Å². The second-order valence-electron chi connectivity index (χ2n) is 3.77. The summed E-state index contributed by atoms with van der Waals surface area (Å²) >= 11 is 0. The Bertz CT molecular complexity index is 486. The average Bonchev–Trinajstić information content (AvgIpc) is 2.74. The van der Waals surface area contributed by atoms with Gasteiger partial charge in [0.1, 0.15) is 0 Å². The van der Waals surface area contributed by atoms with E-state index in [0.29, 0.717) is 11.6 Å². The Morgan fingerprint density at radius 3 is 2.82 bits per heavy atom. The first kappa shape index (κ1) is 11.6. The number of hydrogen-bond donors (Lipinski definition) is 1. The number of ether oxygens (including phenoxy) is 1. The van der Waals surface area contributed by atoms with Gasteiger partial charge in [-0.15, -0.1) is 0 Å². The molecule has 5 heteroatoms. The third-order valence-electron chi connectivity index (χ3n) is 2.36. The lowest BCUT2D eigenvalue weighted by molar-refractivity contribution is 0.281. The molecule has 0 aliphatic carbocycles. The molecule has 0 amide bonds. The number of aryl methyl sites for hydroxylation is 2. The van der Waals surface area contributed by atoms with E-state index < -0.39 is 0 Å². The summed E-state index contributed by atoms with van der Waals surface area (Å²) in [5, 5.41) is 13.2. The first-order valence-electron chi connectivity index (χ1n) is 5.48. The minimum absolute atomic E-state index is 0.0150. The molecule has 2 aromatic rings. The minimum Gasteiger partial charge on any atom is -0.436 e. The summed E-state index contributed by atoms with van der Waals surface area (Å²) in [5.41, 5.74) is 1.70. The summed E-state index contributed by atoms with van der Waals surface area (Å²) in [6.07, 6.45) is 4.19. The maximum Gasteiger partial charge on any atom is 0.219 e. The molecule has 0 unspecified atom stereocenters. The number of pyridine rings is 1. The second kappa shape index (κ2) is 4.97. The highest BCUT2D eigenvalue weighted by atomic mass is 16.5. The van der Waals surface area contributed by atoms with Gasteiger partial charge in [0.25, 0.3) is 0 Å². The number of rotatable bonds is 4. The summed E-state index contributed by atoms with van der Waals surface area (Å²) in [6, 6.07) is 3.60. The van der Waals surface area contributed by atoms with E-state index in [4.69, 9.17) is 9.84 Å². The molecule has 90 valence electrons. The van der Waals surface area contributed by atoms with Gasteiger partial charge in [-0.05, 0) is 18.1 Å². The molecule has 0 saturated heterocycles. The van der Waals surface area contributed by atoms with Gasteiger partial charge in [-0.25, -0.2) is 4.98 Å². The van der Waals surface area contributed by atoms with Crippen LogP contribution >= 0.6 is 0 Å². The highest BCUT2D eigenvalue weighted by Crippen LogP contribution is 2.20. The van der Waals surface area contributed by atoms with Crippen molar-refractivity contribution in [2.75, 3.05) is 0 Å². The molecular weight excluding hydrogens is 218 g/mol. The SMILES string of the molecule is CCc1cc(CO)cc(Oc2cnn(C)c2)n1. The van der Waals surface area contributed by atoms with Crippen LogP contribution in [0.5, 0.6) is 11.6 Å². The Morgan fingerprint density at radius 2 is 2.24 bits per heavy atom. The van der Waals surface area contributed by atoms with E-state index in [1.54, 1.807) is 23.1 Å². The van der Waals surface area contributed by atoms with Crippen LogP contribution in [0.25, 0.3) is 0 Å². The third kappa shape index (κ3) is 2.82. The van der Waals surface area contributed by atoms with Gasteiger partial charge in [0, 0.05) is 18.8 Å². The first-order chi connectivity index (χ1) is 8.21. The van der Waals surface area contributed by atoms with Crippen molar-refractivity contribution < 1.29 is 9.84 Å². The molecule has 0 aliphatic heterocycles. The van der Waals surface area contributed by atoms with E-state index in [1.807, 2.05) is 20.0 Å². The molecule has 0 aliphatic rings. The molecule has 5 nitrogen and oxygen atoms in total. The van der Waals surface area contributed by atoms with E-state index in [1.165, 1.54) is 0 Å². The quantitative estimate of drug-likeness (QED) is 0.872. The molecule has 2 heterocycles. The number of aromatic nitrogens is 3. The van der Waals surface area contributed by atoms with E-state index in [2.05, 4.69) is 10.1 Å². The molecule has 0 atom stereocenters. The zero-order chi connectivity index (χ0) is 12.3. The van der Waals surface area contributed by atoms with Crippen LogP contribution in [0.4, 0.5) is 0 Å². The van der Waals surface area contributed by atoms with Gasteiger partial charge < -0.3 is 9.84 Å². The lowest BCUT2D eigenvalue weighted by atomic mass is 10.2. The van der Waals surface area contributed by atoms with Crippen molar-refractivity contribution in [3.8, 4) is 11.6 Å². The zero-order valence-electron chi connectivity index (χ0n) is 9.92. The number of hydrogen-bond acceptors (Lipinski definition) is 4. The lowest BCUT2D eigenvalue weighted by Crippen LogP contribution is -1.95. The van der Waals surface area contributed by atoms with Crippen LogP contribution in [0, 0.1) is 0 Å². The Morgan fingerprint density at radius 1 is 1.41 bits per heavy atom. The van der Waals surface area contributed by atoms with Crippen molar-refractivity contribution in [3.63, 3.8) is 0 Å².